The van der Waals surface area contributed by atoms with E-state index < -0.39 is 0 Å². The monoisotopic (exact) mass is 358 g/mol. The van der Waals surface area contributed by atoms with Gasteiger partial charge in [-0.25, -0.2) is 0 Å². The van der Waals surface area contributed by atoms with Crippen molar-refractivity contribution in [1.29, 1.82) is 5.26 Å². The predicted octanol–water partition coefficient (Wildman–Crippen LogP) is 3.36. The van der Waals surface area contributed by atoms with Crippen LogP contribution in [0.3, 0.4) is 0 Å². The number of ketones is 1. The van der Waals surface area contributed by atoms with Crippen LogP contribution in [0.15, 0.2) is 53.6 Å². The molecule has 27 heavy (non-hydrogen) atoms. The number of fused-ring (bicyclic) bond motifs is 1. The number of nitrogens with zero attached hydrogens (tertiary/aromatic N) is 3. The summed E-state index contributed by atoms with van der Waals surface area (Å²) in [5, 5.41) is 19.3. The van der Waals surface area contributed by atoms with E-state index in [2.05, 4.69) is 48.5 Å². The fourth-order valence-corrected chi connectivity index (χ4v) is 4.09. The second-order valence-corrected chi connectivity index (χ2v) is 7.31. The number of hydrazone groups is 1. The van der Waals surface area contributed by atoms with Crippen molar-refractivity contribution in [2.45, 2.75) is 38.5 Å². The van der Waals surface area contributed by atoms with Gasteiger partial charge < -0.3 is 0 Å². The Bertz CT molecular complexity index is 931. The summed E-state index contributed by atoms with van der Waals surface area (Å²) in [6.45, 7) is 4.17. The SMILES string of the molecule is Cc1ccc(C2CC(C(=O)c3ccccc3)NC3C(C#N)C=NN23)c(C)c1. The average Bonchev–Trinajstić information content (AvgIpc) is 3.10. The zero-order valence-corrected chi connectivity index (χ0v) is 15.5. The number of nitrogens with one attached hydrogen (secondary N) is 1. The average molecular weight is 358 g/mol. The Kier molecular flexibility index (Phi) is 4.51. The smallest absolute Gasteiger partial charge is 0.179 e. The van der Waals surface area contributed by atoms with Crippen LogP contribution in [0.25, 0.3) is 0 Å². The molecule has 0 spiro atoms. The van der Waals surface area contributed by atoms with E-state index >= 15 is 0 Å². The van der Waals surface area contributed by atoms with E-state index in [9.17, 15) is 10.1 Å². The maximum absolute atomic E-state index is 13.1. The molecule has 2 heterocycles. The van der Waals surface area contributed by atoms with E-state index in [0.717, 1.165) is 5.56 Å². The highest BCUT2D eigenvalue weighted by Crippen LogP contribution is 2.37. The fraction of sp³-hybridized carbons (Fsp3) is 0.318. The molecule has 2 aromatic carbocycles. The van der Waals surface area contributed by atoms with Crippen molar-refractivity contribution in [3.8, 4) is 6.07 Å². The fourth-order valence-electron chi connectivity index (χ4n) is 4.09. The predicted molar refractivity (Wildman–Crippen MR) is 104 cm³/mol. The summed E-state index contributed by atoms with van der Waals surface area (Å²) in [6.07, 6.45) is 2.01. The van der Waals surface area contributed by atoms with Crippen LogP contribution in [0.5, 0.6) is 0 Å². The molecule has 4 unspecified atom stereocenters. The van der Waals surface area contributed by atoms with Gasteiger partial charge in [-0.2, -0.15) is 10.4 Å². The molecule has 2 aromatic rings. The molecule has 1 saturated heterocycles. The molecule has 4 rings (SSSR count). The van der Waals surface area contributed by atoms with Crippen molar-refractivity contribution >= 4 is 12.0 Å². The summed E-state index contributed by atoms with van der Waals surface area (Å²) in [7, 11) is 0. The summed E-state index contributed by atoms with van der Waals surface area (Å²) in [6, 6.07) is 17.6. The van der Waals surface area contributed by atoms with Gasteiger partial charge in [0.2, 0.25) is 0 Å². The van der Waals surface area contributed by atoms with Crippen LogP contribution < -0.4 is 5.32 Å². The van der Waals surface area contributed by atoms with E-state index in [1.165, 1.54) is 11.1 Å². The second-order valence-electron chi connectivity index (χ2n) is 7.31. The van der Waals surface area contributed by atoms with Crippen LogP contribution in [0.2, 0.25) is 0 Å². The van der Waals surface area contributed by atoms with Crippen LogP contribution >= 0.6 is 0 Å². The van der Waals surface area contributed by atoms with E-state index in [-0.39, 0.29) is 30.0 Å². The molecule has 0 saturated carbocycles. The van der Waals surface area contributed by atoms with Crippen molar-refractivity contribution in [2.75, 3.05) is 0 Å². The van der Waals surface area contributed by atoms with E-state index in [0.29, 0.717) is 12.0 Å². The Morgan fingerprint density at radius 1 is 1.22 bits per heavy atom. The van der Waals surface area contributed by atoms with Crippen LogP contribution in [-0.4, -0.2) is 29.2 Å². The molecule has 0 bridgehead atoms. The van der Waals surface area contributed by atoms with Crippen molar-refractivity contribution in [2.24, 2.45) is 11.0 Å². The molecule has 5 heteroatoms. The van der Waals surface area contributed by atoms with E-state index in [4.69, 9.17) is 0 Å². The van der Waals surface area contributed by atoms with Gasteiger partial charge in [-0.3, -0.25) is 15.1 Å². The Morgan fingerprint density at radius 2 is 2.00 bits per heavy atom. The number of hydrogen-bond donors (Lipinski definition) is 1. The molecular formula is C22H22N4O. The first-order chi connectivity index (χ1) is 13.1. The maximum atomic E-state index is 13.1. The highest BCUT2D eigenvalue weighted by molar-refractivity contribution is 6.00. The van der Waals surface area contributed by atoms with Gasteiger partial charge in [0.15, 0.2) is 5.78 Å². The van der Waals surface area contributed by atoms with Gasteiger partial charge in [0.05, 0.1) is 18.2 Å². The first kappa shape index (κ1) is 17.4. The van der Waals surface area contributed by atoms with Gasteiger partial charge in [-0.1, -0.05) is 54.1 Å². The molecule has 0 aromatic heterocycles. The van der Waals surface area contributed by atoms with Crippen molar-refractivity contribution in [3.63, 3.8) is 0 Å². The minimum atomic E-state index is -0.371. The van der Waals surface area contributed by atoms with Gasteiger partial charge in [0.25, 0.3) is 0 Å². The number of carbonyl (C=O) groups excluding carboxylic acids is 1. The zero-order chi connectivity index (χ0) is 19.0. The summed E-state index contributed by atoms with van der Waals surface area (Å²) in [5.41, 5.74) is 4.24. The first-order valence-corrected chi connectivity index (χ1v) is 9.23. The molecule has 136 valence electrons. The first-order valence-electron chi connectivity index (χ1n) is 9.23. The van der Waals surface area contributed by atoms with Gasteiger partial charge in [0, 0.05) is 11.8 Å². The van der Waals surface area contributed by atoms with Crippen molar-refractivity contribution < 1.29 is 4.79 Å². The minimum absolute atomic E-state index is 0.0379. The molecular weight excluding hydrogens is 336 g/mol. The molecule has 1 fully saturated rings. The summed E-state index contributed by atoms with van der Waals surface area (Å²) < 4.78 is 0. The lowest BCUT2D eigenvalue weighted by Gasteiger charge is -2.42. The number of carbonyl (C=O) groups is 1. The molecule has 0 aliphatic carbocycles. The topological polar surface area (TPSA) is 68.5 Å². The Hall–Kier alpha value is -2.97. The number of benzene rings is 2. The number of rotatable bonds is 3. The minimum Gasteiger partial charge on any atom is -0.292 e. The van der Waals surface area contributed by atoms with Gasteiger partial charge in [0.1, 0.15) is 12.1 Å². The lowest BCUT2D eigenvalue weighted by atomic mass is 9.87. The summed E-state index contributed by atoms with van der Waals surface area (Å²) >= 11 is 0. The van der Waals surface area contributed by atoms with Gasteiger partial charge in [-0.15, -0.1) is 0 Å². The Morgan fingerprint density at radius 3 is 2.70 bits per heavy atom. The molecule has 2 aliphatic rings. The van der Waals surface area contributed by atoms with Crippen LogP contribution in [0.1, 0.15) is 39.5 Å². The molecule has 4 atom stereocenters. The van der Waals surface area contributed by atoms with Crippen LogP contribution in [0, 0.1) is 31.1 Å². The number of hydrogen-bond acceptors (Lipinski definition) is 5. The third-order valence-electron chi connectivity index (χ3n) is 5.44. The number of Topliss-reactive ketones (excluding diaryl/α,β-unsaturated/α-hetero) is 1. The molecule has 2 aliphatic heterocycles. The van der Waals surface area contributed by atoms with E-state index in [1.54, 1.807) is 6.21 Å². The maximum Gasteiger partial charge on any atom is 0.179 e. The zero-order valence-electron chi connectivity index (χ0n) is 15.5. The molecule has 0 radical (unpaired) electrons. The van der Waals surface area contributed by atoms with Crippen LogP contribution in [-0.2, 0) is 0 Å². The van der Waals surface area contributed by atoms with Crippen molar-refractivity contribution in [1.82, 2.24) is 10.3 Å². The Balaban J connectivity index is 1.70. The molecule has 1 N–H and O–H groups in total. The van der Waals surface area contributed by atoms with Crippen molar-refractivity contribution in [3.05, 3.63) is 70.8 Å². The Labute approximate surface area is 159 Å². The lowest BCUT2D eigenvalue weighted by molar-refractivity contribution is 0.0474. The summed E-state index contributed by atoms with van der Waals surface area (Å²) in [4.78, 5) is 13.1. The third kappa shape index (κ3) is 3.13. The normalized spacial score (nSPS) is 26.5. The number of nitriles is 1. The summed E-state index contributed by atoms with van der Waals surface area (Å²) in [5.74, 6) is -0.307. The third-order valence-corrected chi connectivity index (χ3v) is 5.44. The van der Waals surface area contributed by atoms with Gasteiger partial charge >= 0.3 is 0 Å². The largest absolute Gasteiger partial charge is 0.292 e. The van der Waals surface area contributed by atoms with E-state index in [1.807, 2.05) is 35.3 Å². The molecule has 0 amide bonds. The lowest BCUT2D eigenvalue weighted by Crippen LogP contribution is -2.58. The standard InChI is InChI=1S/C22H22N4O/c1-14-8-9-18(15(2)10-14)20-11-19(21(27)16-6-4-3-5-7-16)25-22-17(12-23)13-24-26(20)22/h3-10,13,17,19-20,22,25H,11H2,1-2H3. The quantitative estimate of drug-likeness (QED) is 0.855. The highest BCUT2D eigenvalue weighted by Gasteiger charge is 2.44. The highest BCUT2D eigenvalue weighted by atomic mass is 16.1. The number of aryl methyl sites for hydroxylation is 2. The van der Waals surface area contributed by atoms with Crippen LogP contribution in [0.4, 0.5) is 0 Å². The second kappa shape index (κ2) is 6.98. The molecule has 5 nitrogen and oxygen atoms in total. The van der Waals surface area contributed by atoms with Gasteiger partial charge in [-0.05, 0) is 31.4 Å².